The number of hydrogen-bond donors (Lipinski definition) is 0. The lowest BCUT2D eigenvalue weighted by Gasteiger charge is -1.92. The molecule has 0 unspecified atom stereocenters. The van der Waals surface area contributed by atoms with Gasteiger partial charge in [0, 0.05) is 44.5 Å². The second kappa shape index (κ2) is 15.4. The minimum absolute atomic E-state index is 0.705. The summed E-state index contributed by atoms with van der Waals surface area (Å²) in [5.74, 6) is 23.1. The van der Waals surface area contributed by atoms with Crippen molar-refractivity contribution in [3.63, 3.8) is 0 Å². The third-order valence-corrected chi connectivity index (χ3v) is 5.42. The topological polar surface area (TPSA) is 36.9 Å². The molecule has 0 amide bonds. The molecule has 4 heteroatoms. The van der Waals surface area contributed by atoms with E-state index >= 15 is 0 Å². The first kappa shape index (κ1) is 28.1. The molecule has 0 saturated heterocycles. The molecular formula is C40H16O4. The molecule has 4 nitrogen and oxygen atoms in total. The lowest BCUT2D eigenvalue weighted by Crippen LogP contribution is -1.81. The van der Waals surface area contributed by atoms with Gasteiger partial charge in [-0.1, -0.05) is 24.3 Å². The van der Waals surface area contributed by atoms with E-state index in [4.69, 9.17) is 18.9 Å². The summed E-state index contributed by atoms with van der Waals surface area (Å²) in [6.07, 6.45) is 20.6. The fourth-order valence-electron chi connectivity index (χ4n) is 3.48. The van der Waals surface area contributed by atoms with Gasteiger partial charge in [0.2, 0.25) is 0 Å². The van der Waals surface area contributed by atoms with Crippen LogP contribution < -0.4 is 0 Å². The van der Waals surface area contributed by atoms with Crippen LogP contribution in [0.2, 0.25) is 0 Å². The first-order valence-corrected chi connectivity index (χ1v) is 12.9. The summed E-state index contributed by atoms with van der Waals surface area (Å²) in [5.41, 5.74) is 5.64. The zero-order valence-corrected chi connectivity index (χ0v) is 22.9. The molecule has 200 valence electrons. The first-order valence-electron chi connectivity index (χ1n) is 12.9. The molecule has 1 aliphatic heterocycles. The van der Waals surface area contributed by atoms with Crippen molar-refractivity contribution in [2.75, 3.05) is 0 Å². The Morgan fingerprint density at radius 2 is 0.409 bits per heavy atom. The minimum atomic E-state index is 0.705. The molecule has 0 aromatic heterocycles. The van der Waals surface area contributed by atoms with Crippen LogP contribution in [-0.2, 0) is 18.9 Å². The van der Waals surface area contributed by atoms with E-state index in [1.165, 1.54) is 0 Å². The number of ether oxygens (including phenoxy) is 4. The highest BCUT2D eigenvalue weighted by molar-refractivity contribution is 5.46. The zero-order valence-electron chi connectivity index (χ0n) is 22.9. The highest BCUT2D eigenvalue weighted by atomic mass is 16.5. The summed E-state index contributed by atoms with van der Waals surface area (Å²) < 4.78 is 20.7. The normalized spacial score (nSPS) is 10.5. The van der Waals surface area contributed by atoms with Crippen LogP contribution in [0.1, 0.15) is 44.5 Å². The lowest BCUT2D eigenvalue weighted by atomic mass is 10.1. The summed E-state index contributed by atoms with van der Waals surface area (Å²) >= 11 is 0. The average molecular weight is 561 g/mol. The molecule has 1 heterocycles. The van der Waals surface area contributed by atoms with Gasteiger partial charge in [0.1, 0.15) is 48.9 Å². The number of rotatable bonds is 0. The van der Waals surface area contributed by atoms with Crippen LogP contribution in [0.3, 0.4) is 0 Å². The molecule has 0 N–H and O–H groups in total. The van der Waals surface area contributed by atoms with Crippen LogP contribution in [0.5, 0.6) is 0 Å². The molecule has 0 aliphatic carbocycles. The molecule has 4 aromatic carbocycles. The first-order chi connectivity index (χ1) is 21.8. The molecule has 1 aliphatic rings. The van der Waals surface area contributed by atoms with Gasteiger partial charge >= 0.3 is 0 Å². The lowest BCUT2D eigenvalue weighted by molar-refractivity contribution is 0.479. The van der Waals surface area contributed by atoms with Crippen molar-refractivity contribution >= 4 is 0 Å². The third kappa shape index (κ3) is 9.34. The van der Waals surface area contributed by atoms with E-state index in [1.54, 1.807) is 24.3 Å². The SMILES string of the molecule is C1#Cc2cccc(c2)C#COC#Cc2cccc(c2)C#COC#Cc2cccc(c2)C#COC#Cc2cccc(c2)C#CO1. The van der Waals surface area contributed by atoms with Crippen molar-refractivity contribution in [2.24, 2.45) is 0 Å². The van der Waals surface area contributed by atoms with E-state index in [2.05, 4.69) is 96.2 Å². The van der Waals surface area contributed by atoms with E-state index in [-0.39, 0.29) is 0 Å². The smallest absolute Gasteiger partial charge is 0.135 e. The molecule has 8 bridgehead atoms. The van der Waals surface area contributed by atoms with Crippen molar-refractivity contribution < 1.29 is 18.9 Å². The molecule has 0 radical (unpaired) electrons. The summed E-state index contributed by atoms with van der Waals surface area (Å²) in [6.45, 7) is 0. The minimum Gasteiger partial charge on any atom is -0.356 e. The molecule has 0 atom stereocenters. The van der Waals surface area contributed by atoms with E-state index in [9.17, 15) is 0 Å². The van der Waals surface area contributed by atoms with Crippen LogP contribution in [0.4, 0.5) is 0 Å². The molecule has 44 heavy (non-hydrogen) atoms. The van der Waals surface area contributed by atoms with E-state index in [0.29, 0.717) is 44.5 Å². The maximum atomic E-state index is 5.17. The highest BCUT2D eigenvalue weighted by Gasteiger charge is 1.93. The Morgan fingerprint density at radius 3 is 0.568 bits per heavy atom. The number of hydrogen-bond acceptors (Lipinski definition) is 4. The molecule has 5 rings (SSSR count). The average Bonchev–Trinajstić information content (AvgIpc) is 3.05. The van der Waals surface area contributed by atoms with Crippen molar-refractivity contribution in [2.45, 2.75) is 0 Å². The Hall–Kier alpha value is -7.44. The monoisotopic (exact) mass is 560 g/mol. The number of benzene rings is 4. The van der Waals surface area contributed by atoms with Gasteiger partial charge in [-0.15, -0.1) is 0 Å². The second-order valence-corrected chi connectivity index (χ2v) is 8.55. The molecule has 0 spiro atoms. The fourth-order valence-corrected chi connectivity index (χ4v) is 3.48. The summed E-state index contributed by atoms with van der Waals surface area (Å²) in [5, 5.41) is 0. The summed E-state index contributed by atoms with van der Waals surface area (Å²) in [7, 11) is 0. The summed E-state index contributed by atoms with van der Waals surface area (Å²) in [4.78, 5) is 0. The van der Waals surface area contributed by atoms with Crippen molar-refractivity contribution in [3.05, 3.63) is 142 Å². The Morgan fingerprint density at radius 1 is 0.250 bits per heavy atom. The standard InChI is InChI=1S/C40H16O4/c1-5-33-13-21-41-23-15-35-7-2-9-37(30-35)17-25-43-27-19-39-11-4-12-40(32-39)20-28-44-26-18-38-10-3-8-36(31-38)16-24-42-22-14-34(6-1)29-33/h1-12,29-32H. The molecule has 0 fully saturated rings. The third-order valence-electron chi connectivity index (χ3n) is 5.42. The second-order valence-electron chi connectivity index (χ2n) is 8.55. The molecular weight excluding hydrogens is 544 g/mol. The van der Waals surface area contributed by atoms with Crippen LogP contribution in [-0.4, -0.2) is 0 Å². The van der Waals surface area contributed by atoms with E-state index < -0.39 is 0 Å². The van der Waals surface area contributed by atoms with Crippen LogP contribution in [0, 0.1) is 96.2 Å². The Labute approximate surface area is 256 Å². The van der Waals surface area contributed by atoms with Gasteiger partial charge in [-0.25, -0.2) is 0 Å². The Kier molecular flexibility index (Phi) is 9.82. The zero-order chi connectivity index (χ0) is 30.1. The summed E-state index contributed by atoms with van der Waals surface area (Å²) in [6, 6.07) is 29.2. The fraction of sp³-hybridized carbons (Fsp3) is 0. The van der Waals surface area contributed by atoms with Crippen LogP contribution >= 0.6 is 0 Å². The quantitative estimate of drug-likeness (QED) is 0.272. The van der Waals surface area contributed by atoms with Gasteiger partial charge in [0.15, 0.2) is 0 Å². The van der Waals surface area contributed by atoms with Gasteiger partial charge in [-0.2, -0.15) is 0 Å². The van der Waals surface area contributed by atoms with Gasteiger partial charge in [-0.3, -0.25) is 0 Å². The number of fused-ring (bicyclic) bond motifs is 8. The highest BCUT2D eigenvalue weighted by Crippen LogP contribution is 2.06. The predicted octanol–water partition coefficient (Wildman–Crippen LogP) is 5.34. The van der Waals surface area contributed by atoms with E-state index in [1.807, 2.05) is 72.8 Å². The maximum Gasteiger partial charge on any atom is 0.135 e. The predicted molar refractivity (Wildman–Crippen MR) is 165 cm³/mol. The van der Waals surface area contributed by atoms with Gasteiger partial charge in [0.05, 0.1) is 0 Å². The molecule has 4 aromatic rings. The van der Waals surface area contributed by atoms with Gasteiger partial charge < -0.3 is 18.9 Å². The van der Waals surface area contributed by atoms with Gasteiger partial charge in [0.25, 0.3) is 0 Å². The van der Waals surface area contributed by atoms with Crippen molar-refractivity contribution in [1.29, 1.82) is 0 Å². The maximum absolute atomic E-state index is 5.17. The van der Waals surface area contributed by atoms with Crippen LogP contribution in [0.15, 0.2) is 97.1 Å². The Bertz CT molecular complexity index is 1770. The van der Waals surface area contributed by atoms with Gasteiger partial charge in [-0.05, 0) is 120 Å². The molecule has 0 saturated carbocycles. The Balaban J connectivity index is 1.38. The van der Waals surface area contributed by atoms with Crippen molar-refractivity contribution in [3.8, 4) is 96.2 Å². The largest absolute Gasteiger partial charge is 0.356 e. The van der Waals surface area contributed by atoms with Crippen LogP contribution in [0.25, 0.3) is 0 Å². The van der Waals surface area contributed by atoms with Crippen molar-refractivity contribution in [1.82, 2.24) is 0 Å². The van der Waals surface area contributed by atoms with E-state index in [0.717, 1.165) is 0 Å².